The van der Waals surface area contributed by atoms with E-state index in [1.807, 2.05) is 0 Å². The Morgan fingerprint density at radius 1 is 0.893 bits per heavy atom. The fraction of sp³-hybridized carbons (Fsp3) is 0.960. The summed E-state index contributed by atoms with van der Waals surface area (Å²) in [5, 5.41) is 10.6. The average Bonchev–Trinajstić information content (AvgIpc) is 3.00. The van der Waals surface area contributed by atoms with E-state index in [1.54, 1.807) is 0 Å². The van der Waals surface area contributed by atoms with Gasteiger partial charge in [-0.3, -0.25) is 9.69 Å². The Morgan fingerprint density at radius 2 is 1.57 bits per heavy atom. The molecular weight excluding hydrogens is 346 g/mol. The zero-order valence-corrected chi connectivity index (χ0v) is 17.7. The van der Waals surface area contributed by atoms with E-state index in [9.17, 15) is 9.90 Å². The monoisotopic (exact) mass is 385 g/mol. The van der Waals surface area contributed by atoms with E-state index in [2.05, 4.69) is 11.8 Å². The van der Waals surface area contributed by atoms with Crippen molar-refractivity contribution in [2.24, 2.45) is 46.8 Å². The molecule has 6 aliphatic rings. The Kier molecular flexibility index (Phi) is 4.13. The molecule has 1 saturated heterocycles. The fourth-order valence-electron chi connectivity index (χ4n) is 9.48. The first-order chi connectivity index (χ1) is 13.5. The maximum Gasteiger partial charge on any atom is 0.150 e. The second kappa shape index (κ2) is 6.30. The molecule has 0 aromatic carbocycles. The van der Waals surface area contributed by atoms with Gasteiger partial charge in [0.15, 0.2) is 0 Å². The quantitative estimate of drug-likeness (QED) is 0.788. The van der Waals surface area contributed by atoms with Crippen LogP contribution in [0.3, 0.4) is 0 Å². The van der Waals surface area contributed by atoms with Gasteiger partial charge in [-0.05, 0) is 125 Å². The predicted molar refractivity (Wildman–Crippen MR) is 110 cm³/mol. The lowest BCUT2D eigenvalue weighted by Gasteiger charge is -2.56. The van der Waals surface area contributed by atoms with Gasteiger partial charge in [0.1, 0.15) is 5.78 Å². The molecule has 5 saturated carbocycles. The van der Waals surface area contributed by atoms with Crippen LogP contribution in [0, 0.1) is 46.8 Å². The molecule has 0 radical (unpaired) electrons. The third-order valence-electron chi connectivity index (χ3n) is 10.9. The first-order valence-corrected chi connectivity index (χ1v) is 12.5. The highest BCUT2D eigenvalue weighted by Gasteiger charge is 2.65. The molecule has 3 heteroatoms. The number of likely N-dealkylation sites (tertiary alicyclic amines) is 1. The molecule has 0 aromatic rings. The highest BCUT2D eigenvalue weighted by atomic mass is 16.3. The van der Waals surface area contributed by atoms with Crippen LogP contribution in [0.5, 0.6) is 0 Å². The van der Waals surface area contributed by atoms with Gasteiger partial charge in [-0.25, -0.2) is 0 Å². The van der Waals surface area contributed by atoms with E-state index in [4.69, 9.17) is 0 Å². The molecule has 1 aliphatic heterocycles. The van der Waals surface area contributed by atoms with Gasteiger partial charge in [0.25, 0.3) is 0 Å². The van der Waals surface area contributed by atoms with Crippen molar-refractivity contribution in [3.8, 4) is 0 Å². The minimum atomic E-state index is -0.252. The minimum Gasteiger partial charge on any atom is -0.390 e. The fourth-order valence-corrected chi connectivity index (χ4v) is 9.48. The van der Waals surface area contributed by atoms with Crippen LogP contribution < -0.4 is 0 Å². The number of Topliss-reactive ketones (excluding diaryl/α,β-unsaturated/α-hetero) is 1. The smallest absolute Gasteiger partial charge is 0.150 e. The number of nitrogens with zero attached hydrogens (tertiary/aromatic N) is 1. The minimum absolute atomic E-state index is 0.252. The number of carbonyl (C=O) groups is 1. The lowest BCUT2D eigenvalue weighted by atomic mass is 9.49. The number of fused-ring (bicyclic) bond motifs is 7. The molecule has 6 rings (SSSR count). The Bertz CT molecular complexity index is 657. The van der Waals surface area contributed by atoms with E-state index in [0.29, 0.717) is 17.6 Å². The van der Waals surface area contributed by atoms with E-state index < -0.39 is 0 Å². The van der Waals surface area contributed by atoms with Crippen molar-refractivity contribution in [3.63, 3.8) is 0 Å². The van der Waals surface area contributed by atoms with Crippen LogP contribution in [0.15, 0.2) is 0 Å². The van der Waals surface area contributed by atoms with Crippen LogP contribution >= 0.6 is 0 Å². The maximum atomic E-state index is 13.3. The Morgan fingerprint density at radius 3 is 2.32 bits per heavy atom. The van der Waals surface area contributed by atoms with Gasteiger partial charge >= 0.3 is 0 Å². The van der Waals surface area contributed by atoms with Crippen molar-refractivity contribution in [2.75, 3.05) is 19.6 Å². The Balaban J connectivity index is 1.18. The standard InChI is InChI=1S/C25H39NO2/c1-24-10-8-16-17-9-11-25(28)14-22(25)19(17)5-4-18(16)20(24)6-7-21(24)23(27)15-26-12-2-3-13-26/h16-22,28H,2-15H2,1H3/t16-,17-,18-,19-,20+,21-,22?,24+,25+/m1/s1. The summed E-state index contributed by atoms with van der Waals surface area (Å²) < 4.78 is 0. The van der Waals surface area contributed by atoms with Gasteiger partial charge < -0.3 is 5.11 Å². The third kappa shape index (κ3) is 2.57. The summed E-state index contributed by atoms with van der Waals surface area (Å²) in [5.74, 6) is 5.80. The maximum absolute atomic E-state index is 13.3. The zero-order valence-electron chi connectivity index (χ0n) is 17.7. The van der Waals surface area contributed by atoms with Crippen LogP contribution in [0.4, 0.5) is 0 Å². The lowest BCUT2D eigenvalue weighted by molar-refractivity contribution is -0.131. The Labute approximate surface area is 170 Å². The van der Waals surface area contributed by atoms with Crippen LogP contribution in [-0.4, -0.2) is 41.0 Å². The third-order valence-corrected chi connectivity index (χ3v) is 10.9. The molecule has 0 amide bonds. The van der Waals surface area contributed by atoms with Gasteiger partial charge in [-0.2, -0.15) is 0 Å². The first kappa shape index (κ1) is 18.4. The number of hydrogen-bond acceptors (Lipinski definition) is 3. The van der Waals surface area contributed by atoms with E-state index in [1.165, 1.54) is 51.4 Å². The molecule has 6 fully saturated rings. The van der Waals surface area contributed by atoms with Crippen molar-refractivity contribution in [2.45, 2.75) is 83.2 Å². The highest BCUT2D eigenvalue weighted by molar-refractivity contribution is 5.84. The number of aliphatic hydroxyl groups is 1. The van der Waals surface area contributed by atoms with Crippen LogP contribution in [-0.2, 0) is 4.79 Å². The van der Waals surface area contributed by atoms with Crippen molar-refractivity contribution in [1.82, 2.24) is 4.90 Å². The van der Waals surface area contributed by atoms with E-state index in [0.717, 1.165) is 68.5 Å². The predicted octanol–water partition coefficient (Wildman–Crippen LogP) is 4.28. The van der Waals surface area contributed by atoms with E-state index >= 15 is 0 Å². The topological polar surface area (TPSA) is 40.5 Å². The summed E-state index contributed by atoms with van der Waals surface area (Å²) in [6, 6.07) is 0. The second-order valence-electron chi connectivity index (χ2n) is 11.9. The molecule has 28 heavy (non-hydrogen) atoms. The van der Waals surface area contributed by atoms with Crippen molar-refractivity contribution in [1.29, 1.82) is 0 Å². The van der Waals surface area contributed by atoms with Crippen molar-refractivity contribution >= 4 is 5.78 Å². The van der Waals surface area contributed by atoms with Gasteiger partial charge in [0.05, 0.1) is 12.1 Å². The zero-order chi connectivity index (χ0) is 19.1. The summed E-state index contributed by atoms with van der Waals surface area (Å²) >= 11 is 0. The van der Waals surface area contributed by atoms with Crippen LogP contribution in [0.2, 0.25) is 0 Å². The Hall–Kier alpha value is -0.410. The second-order valence-corrected chi connectivity index (χ2v) is 11.9. The lowest BCUT2D eigenvalue weighted by Crippen LogP contribution is -2.50. The molecule has 0 aromatic heterocycles. The van der Waals surface area contributed by atoms with Gasteiger partial charge in [0, 0.05) is 5.92 Å². The molecule has 3 nitrogen and oxygen atoms in total. The van der Waals surface area contributed by atoms with E-state index in [-0.39, 0.29) is 11.0 Å². The normalized spacial score (nSPS) is 55.1. The molecule has 1 heterocycles. The molecular formula is C25H39NO2. The molecule has 156 valence electrons. The number of ketones is 1. The number of carbonyl (C=O) groups excluding carboxylic acids is 1. The molecule has 0 bridgehead atoms. The molecule has 1 N–H and O–H groups in total. The molecule has 0 spiro atoms. The summed E-state index contributed by atoms with van der Waals surface area (Å²) in [6.45, 7) is 5.51. The van der Waals surface area contributed by atoms with Gasteiger partial charge in [0.2, 0.25) is 0 Å². The van der Waals surface area contributed by atoms with Crippen LogP contribution in [0.25, 0.3) is 0 Å². The van der Waals surface area contributed by atoms with Crippen LogP contribution in [0.1, 0.15) is 77.6 Å². The molecule has 5 aliphatic carbocycles. The van der Waals surface area contributed by atoms with Gasteiger partial charge in [-0.1, -0.05) is 6.92 Å². The summed E-state index contributed by atoms with van der Waals surface area (Å²) in [7, 11) is 0. The highest BCUT2D eigenvalue weighted by Crippen LogP contribution is 2.68. The first-order valence-electron chi connectivity index (χ1n) is 12.5. The van der Waals surface area contributed by atoms with Gasteiger partial charge in [-0.15, -0.1) is 0 Å². The molecule has 1 unspecified atom stereocenters. The SMILES string of the molecule is C[C@]12CC[C@@H]3[C@H]4CC[C@]5(O)CC5[C@@H]4CC[C@H]3[C@@H]1CC[C@@H]2C(=O)CN1CCCC1. The molecule has 9 atom stereocenters. The average molecular weight is 386 g/mol. The largest absolute Gasteiger partial charge is 0.390 e. The summed E-state index contributed by atoms with van der Waals surface area (Å²) in [6.07, 6.45) is 13.8. The summed E-state index contributed by atoms with van der Waals surface area (Å²) in [4.78, 5) is 15.7. The van der Waals surface area contributed by atoms with Crippen molar-refractivity contribution in [3.05, 3.63) is 0 Å². The summed E-state index contributed by atoms with van der Waals surface area (Å²) in [5.41, 5.74) is 0.0252. The number of rotatable bonds is 3. The van der Waals surface area contributed by atoms with Crippen molar-refractivity contribution < 1.29 is 9.90 Å². The number of hydrogen-bond donors (Lipinski definition) is 1.